The maximum Gasteiger partial charge on any atom is 0.0711 e. The average molecular weight is 279 g/mol. The Balaban J connectivity index is 2.39. The maximum absolute atomic E-state index is 3.56. The van der Waals surface area contributed by atoms with E-state index >= 15 is 0 Å². The van der Waals surface area contributed by atoms with Crippen LogP contribution in [0.25, 0.3) is 16.2 Å². The quantitative estimate of drug-likeness (QED) is 0.641. The van der Waals surface area contributed by atoms with Crippen molar-refractivity contribution in [1.29, 1.82) is 0 Å². The standard InChI is InChI=1S/C13H11BrS/c1-7-3-9-5-12-11(6-13(14)15-12)8(2)10(9)4-7/h3,5-6H,4H2,1-2H3. The Morgan fingerprint density at radius 2 is 2.07 bits per heavy atom. The number of rotatable bonds is 0. The summed E-state index contributed by atoms with van der Waals surface area (Å²) in [6.45, 7) is 4.45. The van der Waals surface area contributed by atoms with E-state index in [1.807, 2.05) is 11.3 Å². The second-order valence-electron chi connectivity index (χ2n) is 4.20. The number of halogens is 1. The number of fused-ring (bicyclic) bond motifs is 2. The van der Waals surface area contributed by atoms with Crippen LogP contribution in [0.5, 0.6) is 0 Å². The first-order valence-electron chi connectivity index (χ1n) is 5.04. The highest BCUT2D eigenvalue weighted by Crippen LogP contribution is 2.38. The Bertz CT molecular complexity index is 590. The van der Waals surface area contributed by atoms with E-state index in [0.29, 0.717) is 0 Å². The van der Waals surface area contributed by atoms with Crippen molar-refractivity contribution in [3.8, 4) is 0 Å². The van der Waals surface area contributed by atoms with Crippen molar-refractivity contribution < 1.29 is 0 Å². The minimum absolute atomic E-state index is 1.13. The summed E-state index contributed by atoms with van der Waals surface area (Å²) in [5.41, 5.74) is 5.87. The lowest BCUT2D eigenvalue weighted by Crippen LogP contribution is -1.88. The summed E-state index contributed by atoms with van der Waals surface area (Å²) in [4.78, 5) is 0. The lowest BCUT2D eigenvalue weighted by atomic mass is 10.0. The molecular formula is C13H11BrS. The largest absolute Gasteiger partial charge is 0.128 e. The normalized spacial score (nSPS) is 14.5. The molecule has 0 saturated heterocycles. The molecule has 1 aromatic heterocycles. The number of hydrogen-bond acceptors (Lipinski definition) is 1. The van der Waals surface area contributed by atoms with E-state index in [0.717, 1.165) is 6.42 Å². The van der Waals surface area contributed by atoms with Crippen LogP contribution in [-0.2, 0) is 6.42 Å². The van der Waals surface area contributed by atoms with Crippen molar-refractivity contribution in [3.05, 3.63) is 38.2 Å². The van der Waals surface area contributed by atoms with Gasteiger partial charge in [-0.25, -0.2) is 0 Å². The highest BCUT2D eigenvalue weighted by Gasteiger charge is 2.15. The third kappa shape index (κ3) is 1.39. The molecule has 0 aliphatic heterocycles. The van der Waals surface area contributed by atoms with Crippen molar-refractivity contribution in [2.75, 3.05) is 0 Å². The van der Waals surface area contributed by atoms with Crippen LogP contribution in [0.2, 0.25) is 0 Å². The summed E-state index contributed by atoms with van der Waals surface area (Å²) < 4.78 is 2.62. The zero-order chi connectivity index (χ0) is 10.6. The molecule has 1 aliphatic rings. The molecule has 3 rings (SSSR count). The summed E-state index contributed by atoms with van der Waals surface area (Å²) in [5, 5.41) is 1.41. The number of hydrogen-bond donors (Lipinski definition) is 0. The van der Waals surface area contributed by atoms with E-state index in [-0.39, 0.29) is 0 Å². The fraction of sp³-hybridized carbons (Fsp3) is 0.231. The highest BCUT2D eigenvalue weighted by molar-refractivity contribution is 9.11. The Labute approximate surface area is 102 Å². The Hall–Kier alpha value is -0.600. The molecule has 15 heavy (non-hydrogen) atoms. The van der Waals surface area contributed by atoms with Gasteiger partial charge in [0.15, 0.2) is 0 Å². The molecule has 1 aliphatic carbocycles. The summed E-state index contributed by atoms with van der Waals surface area (Å²) in [6, 6.07) is 4.56. The van der Waals surface area contributed by atoms with Crippen LogP contribution in [0, 0.1) is 6.92 Å². The Morgan fingerprint density at radius 1 is 1.27 bits per heavy atom. The molecule has 1 heterocycles. The van der Waals surface area contributed by atoms with Gasteiger partial charge in [-0.1, -0.05) is 11.6 Å². The molecule has 0 radical (unpaired) electrons. The SMILES string of the molecule is CC1=Cc2cc3sc(Br)cc3c(C)c2C1. The first kappa shape index (κ1) is 9.61. The molecule has 0 bridgehead atoms. The van der Waals surface area contributed by atoms with Gasteiger partial charge in [-0.15, -0.1) is 11.3 Å². The third-order valence-corrected chi connectivity index (χ3v) is 4.67. The van der Waals surface area contributed by atoms with Gasteiger partial charge in [0.2, 0.25) is 0 Å². The van der Waals surface area contributed by atoms with Crippen molar-refractivity contribution >= 4 is 43.4 Å². The minimum Gasteiger partial charge on any atom is -0.128 e. The zero-order valence-electron chi connectivity index (χ0n) is 8.73. The van der Waals surface area contributed by atoms with Crippen molar-refractivity contribution in [1.82, 2.24) is 0 Å². The summed E-state index contributed by atoms with van der Waals surface area (Å²) >= 11 is 5.38. The number of allylic oxidation sites excluding steroid dienone is 1. The Kier molecular flexibility index (Phi) is 2.05. The molecule has 0 N–H and O–H groups in total. The molecule has 0 spiro atoms. The highest BCUT2D eigenvalue weighted by atomic mass is 79.9. The van der Waals surface area contributed by atoms with Crippen LogP contribution < -0.4 is 0 Å². The van der Waals surface area contributed by atoms with Gasteiger partial charge in [0.25, 0.3) is 0 Å². The topological polar surface area (TPSA) is 0 Å². The number of benzene rings is 1. The van der Waals surface area contributed by atoms with E-state index in [4.69, 9.17) is 0 Å². The molecule has 0 fully saturated rings. The smallest absolute Gasteiger partial charge is 0.0711 e. The lowest BCUT2D eigenvalue weighted by Gasteiger charge is -2.05. The van der Waals surface area contributed by atoms with E-state index < -0.39 is 0 Å². The van der Waals surface area contributed by atoms with Crippen LogP contribution in [0.1, 0.15) is 23.6 Å². The van der Waals surface area contributed by atoms with Crippen LogP contribution in [-0.4, -0.2) is 0 Å². The van der Waals surface area contributed by atoms with Crippen LogP contribution >= 0.6 is 27.3 Å². The second-order valence-corrected chi connectivity index (χ2v) is 6.66. The summed E-state index contributed by atoms with van der Waals surface area (Å²) in [5.74, 6) is 0. The minimum atomic E-state index is 1.13. The van der Waals surface area contributed by atoms with Gasteiger partial charge in [0.05, 0.1) is 3.79 Å². The maximum atomic E-state index is 3.56. The van der Waals surface area contributed by atoms with Gasteiger partial charge >= 0.3 is 0 Å². The molecule has 0 unspecified atom stereocenters. The number of aryl methyl sites for hydroxylation is 1. The molecule has 0 nitrogen and oxygen atoms in total. The van der Waals surface area contributed by atoms with Crippen molar-refractivity contribution in [2.24, 2.45) is 0 Å². The average Bonchev–Trinajstić information content (AvgIpc) is 2.69. The van der Waals surface area contributed by atoms with Gasteiger partial charge in [-0.3, -0.25) is 0 Å². The van der Waals surface area contributed by atoms with Gasteiger partial charge in [0.1, 0.15) is 0 Å². The van der Waals surface area contributed by atoms with Crippen molar-refractivity contribution in [3.63, 3.8) is 0 Å². The molecule has 0 atom stereocenters. The van der Waals surface area contributed by atoms with Crippen LogP contribution in [0.3, 0.4) is 0 Å². The van der Waals surface area contributed by atoms with E-state index in [1.54, 1.807) is 0 Å². The van der Waals surface area contributed by atoms with Crippen LogP contribution in [0.4, 0.5) is 0 Å². The molecular weight excluding hydrogens is 268 g/mol. The van der Waals surface area contributed by atoms with Gasteiger partial charge in [-0.2, -0.15) is 0 Å². The predicted molar refractivity (Wildman–Crippen MR) is 71.6 cm³/mol. The first-order valence-corrected chi connectivity index (χ1v) is 6.65. The second kappa shape index (κ2) is 3.19. The fourth-order valence-electron chi connectivity index (χ4n) is 2.34. The molecule has 2 aromatic rings. The summed E-state index contributed by atoms with van der Waals surface area (Å²) in [7, 11) is 0. The van der Waals surface area contributed by atoms with Crippen molar-refractivity contribution in [2.45, 2.75) is 20.3 Å². The lowest BCUT2D eigenvalue weighted by molar-refractivity contribution is 1.17. The van der Waals surface area contributed by atoms with E-state index in [1.165, 1.54) is 36.1 Å². The number of thiophene rings is 1. The fourth-order valence-corrected chi connectivity index (χ4v) is 3.99. The van der Waals surface area contributed by atoms with Gasteiger partial charge < -0.3 is 0 Å². The van der Waals surface area contributed by atoms with Crippen LogP contribution in [0.15, 0.2) is 21.5 Å². The molecule has 0 saturated carbocycles. The van der Waals surface area contributed by atoms with E-state index in [9.17, 15) is 0 Å². The third-order valence-electron chi connectivity index (χ3n) is 3.08. The molecule has 0 amide bonds. The van der Waals surface area contributed by atoms with Gasteiger partial charge in [0, 0.05) is 4.70 Å². The monoisotopic (exact) mass is 278 g/mol. The zero-order valence-corrected chi connectivity index (χ0v) is 11.1. The summed E-state index contributed by atoms with van der Waals surface area (Å²) in [6.07, 6.45) is 3.44. The predicted octanol–water partition coefficient (Wildman–Crippen LogP) is 4.93. The van der Waals surface area contributed by atoms with E-state index in [2.05, 4.69) is 48.0 Å². The molecule has 2 heteroatoms. The molecule has 1 aromatic carbocycles. The first-order chi connectivity index (χ1) is 7.15. The van der Waals surface area contributed by atoms with Gasteiger partial charge in [-0.05, 0) is 70.4 Å². The Morgan fingerprint density at radius 3 is 2.87 bits per heavy atom. The molecule has 76 valence electrons.